The standard InChI is InChI=1S/C12H23O5P/c1-5-16-18(14,17-6-2)11-7-10(9(3)4)8-15-12(11)13/h9-11H,5-8H2,1-4H3/t10-,11?/m1/s1. The third-order valence-corrected chi connectivity index (χ3v) is 5.60. The quantitative estimate of drug-likeness (QED) is 0.552. The molecule has 1 heterocycles. The van der Waals surface area contributed by atoms with Gasteiger partial charge in [0.05, 0.1) is 19.8 Å². The van der Waals surface area contributed by atoms with Gasteiger partial charge >= 0.3 is 13.6 Å². The summed E-state index contributed by atoms with van der Waals surface area (Å²) in [6, 6.07) is 0. The summed E-state index contributed by atoms with van der Waals surface area (Å²) in [7, 11) is -3.40. The van der Waals surface area contributed by atoms with E-state index in [-0.39, 0.29) is 19.1 Å². The molecule has 0 N–H and O–H groups in total. The van der Waals surface area contributed by atoms with Crippen molar-refractivity contribution in [2.45, 2.75) is 39.8 Å². The van der Waals surface area contributed by atoms with Crippen molar-refractivity contribution in [3.63, 3.8) is 0 Å². The molecular formula is C12H23O5P. The minimum atomic E-state index is -3.40. The SMILES string of the molecule is CCOP(=O)(OCC)C1C[C@@H](C(C)C)COC1=O. The number of carbonyl (C=O) groups excluding carboxylic acids is 1. The van der Waals surface area contributed by atoms with E-state index in [1.165, 1.54) is 0 Å². The van der Waals surface area contributed by atoms with E-state index in [9.17, 15) is 9.36 Å². The average Bonchev–Trinajstić information content (AvgIpc) is 2.29. The summed E-state index contributed by atoms with van der Waals surface area (Å²) in [5.74, 6) is 0.122. The minimum Gasteiger partial charge on any atom is -0.465 e. The molecule has 0 aliphatic carbocycles. The van der Waals surface area contributed by atoms with Gasteiger partial charge in [0.2, 0.25) is 0 Å². The maximum absolute atomic E-state index is 12.6. The fraction of sp³-hybridized carbons (Fsp3) is 0.917. The van der Waals surface area contributed by atoms with Crippen molar-refractivity contribution in [1.82, 2.24) is 0 Å². The Balaban J connectivity index is 2.87. The molecule has 0 saturated carbocycles. The van der Waals surface area contributed by atoms with E-state index < -0.39 is 19.2 Å². The van der Waals surface area contributed by atoms with Crippen molar-refractivity contribution in [2.24, 2.45) is 11.8 Å². The Hall–Kier alpha value is -0.380. The average molecular weight is 278 g/mol. The Morgan fingerprint density at radius 1 is 1.33 bits per heavy atom. The first-order valence-corrected chi connectivity index (χ1v) is 8.11. The summed E-state index contributed by atoms with van der Waals surface area (Å²) in [4.78, 5) is 11.8. The molecule has 0 spiro atoms. The Morgan fingerprint density at radius 3 is 2.33 bits per heavy atom. The topological polar surface area (TPSA) is 61.8 Å². The molecule has 106 valence electrons. The highest BCUT2D eigenvalue weighted by Crippen LogP contribution is 2.56. The van der Waals surface area contributed by atoms with Crippen LogP contribution in [0.2, 0.25) is 0 Å². The van der Waals surface area contributed by atoms with Gasteiger partial charge in [0.25, 0.3) is 0 Å². The molecule has 1 fully saturated rings. The number of carbonyl (C=O) groups is 1. The second-order valence-corrected chi connectivity index (χ2v) is 6.98. The molecule has 0 bridgehead atoms. The van der Waals surface area contributed by atoms with Crippen LogP contribution in [0.5, 0.6) is 0 Å². The van der Waals surface area contributed by atoms with Gasteiger partial charge in [-0.2, -0.15) is 0 Å². The first-order chi connectivity index (χ1) is 8.44. The molecule has 1 unspecified atom stereocenters. The molecule has 0 aromatic rings. The van der Waals surface area contributed by atoms with Gasteiger partial charge in [0, 0.05) is 0 Å². The van der Waals surface area contributed by atoms with E-state index in [4.69, 9.17) is 13.8 Å². The van der Waals surface area contributed by atoms with Crippen molar-refractivity contribution in [3.8, 4) is 0 Å². The van der Waals surface area contributed by atoms with Crippen LogP contribution in [0, 0.1) is 11.8 Å². The lowest BCUT2D eigenvalue weighted by Crippen LogP contribution is -2.37. The van der Waals surface area contributed by atoms with Gasteiger partial charge in [-0.3, -0.25) is 9.36 Å². The van der Waals surface area contributed by atoms with Gasteiger partial charge in [0.15, 0.2) is 5.66 Å². The molecule has 18 heavy (non-hydrogen) atoms. The highest BCUT2D eigenvalue weighted by atomic mass is 31.2. The molecule has 0 aromatic heterocycles. The second-order valence-electron chi connectivity index (χ2n) is 4.76. The molecule has 6 heteroatoms. The summed E-state index contributed by atoms with van der Waals surface area (Å²) in [6.07, 6.45) is 0.508. The van der Waals surface area contributed by atoms with E-state index >= 15 is 0 Å². The van der Waals surface area contributed by atoms with Gasteiger partial charge in [-0.1, -0.05) is 13.8 Å². The van der Waals surface area contributed by atoms with Crippen LogP contribution in [0.4, 0.5) is 0 Å². The Bertz CT molecular complexity index is 318. The van der Waals surface area contributed by atoms with Gasteiger partial charge < -0.3 is 13.8 Å². The number of cyclic esters (lactones) is 1. The molecule has 0 amide bonds. The van der Waals surface area contributed by atoms with Gasteiger partial charge in [-0.25, -0.2) is 0 Å². The molecule has 1 aliphatic rings. The molecule has 0 aromatic carbocycles. The summed E-state index contributed by atoms with van der Waals surface area (Å²) in [5, 5.41) is 0. The van der Waals surface area contributed by atoms with Gasteiger partial charge in [-0.15, -0.1) is 0 Å². The maximum atomic E-state index is 12.6. The van der Waals surface area contributed by atoms with E-state index in [1.807, 2.05) is 0 Å². The highest BCUT2D eigenvalue weighted by molar-refractivity contribution is 7.55. The predicted molar refractivity (Wildman–Crippen MR) is 68.6 cm³/mol. The maximum Gasteiger partial charge on any atom is 0.344 e. The Labute approximate surface area is 109 Å². The van der Waals surface area contributed by atoms with Gasteiger partial charge in [0.1, 0.15) is 0 Å². The molecule has 1 aliphatic heterocycles. The minimum absolute atomic E-state index is 0.210. The van der Waals surface area contributed by atoms with Gasteiger partial charge in [-0.05, 0) is 32.1 Å². The fourth-order valence-corrected chi connectivity index (χ4v) is 4.05. The van der Waals surface area contributed by atoms with Crippen LogP contribution < -0.4 is 0 Å². The number of rotatable bonds is 6. The third kappa shape index (κ3) is 3.56. The number of hydrogen-bond donors (Lipinski definition) is 0. The lowest BCUT2D eigenvalue weighted by molar-refractivity contribution is -0.150. The first kappa shape index (κ1) is 15.7. The summed E-state index contributed by atoms with van der Waals surface area (Å²) in [5.41, 5.74) is -0.779. The monoisotopic (exact) mass is 278 g/mol. The van der Waals surface area contributed by atoms with E-state index in [0.717, 1.165) is 0 Å². The predicted octanol–water partition coefficient (Wildman–Crippen LogP) is 2.84. The lowest BCUT2D eigenvalue weighted by Gasteiger charge is -2.33. The van der Waals surface area contributed by atoms with Crippen molar-refractivity contribution in [2.75, 3.05) is 19.8 Å². The Morgan fingerprint density at radius 2 is 1.89 bits per heavy atom. The molecule has 5 nitrogen and oxygen atoms in total. The number of ether oxygens (including phenoxy) is 1. The van der Waals surface area contributed by atoms with Crippen LogP contribution in [-0.4, -0.2) is 31.4 Å². The Kier molecular flexibility index (Phi) is 5.83. The zero-order valence-corrected chi connectivity index (χ0v) is 12.4. The smallest absolute Gasteiger partial charge is 0.344 e. The molecule has 1 saturated heterocycles. The third-order valence-electron chi connectivity index (χ3n) is 3.18. The summed E-state index contributed by atoms with van der Waals surface area (Å²) >= 11 is 0. The van der Waals surface area contributed by atoms with Crippen LogP contribution in [0.1, 0.15) is 34.1 Å². The van der Waals surface area contributed by atoms with Crippen molar-refractivity contribution in [1.29, 1.82) is 0 Å². The van der Waals surface area contributed by atoms with Crippen LogP contribution in [0.3, 0.4) is 0 Å². The second kappa shape index (κ2) is 6.69. The summed E-state index contributed by atoms with van der Waals surface area (Å²) in [6.45, 7) is 8.51. The van der Waals surface area contributed by atoms with E-state index in [2.05, 4.69) is 13.8 Å². The van der Waals surface area contributed by atoms with Crippen LogP contribution in [0.25, 0.3) is 0 Å². The molecule has 2 atom stereocenters. The van der Waals surface area contributed by atoms with E-state index in [1.54, 1.807) is 13.8 Å². The molecular weight excluding hydrogens is 255 g/mol. The largest absolute Gasteiger partial charge is 0.465 e. The highest BCUT2D eigenvalue weighted by Gasteiger charge is 2.46. The first-order valence-electron chi connectivity index (χ1n) is 6.50. The number of esters is 1. The van der Waals surface area contributed by atoms with E-state index in [0.29, 0.717) is 18.9 Å². The zero-order chi connectivity index (χ0) is 13.8. The van der Waals surface area contributed by atoms with Crippen molar-refractivity contribution < 1.29 is 23.1 Å². The molecule has 1 rings (SSSR count). The lowest BCUT2D eigenvalue weighted by atomic mass is 9.90. The number of hydrogen-bond acceptors (Lipinski definition) is 5. The summed E-state index contributed by atoms with van der Waals surface area (Å²) < 4.78 is 28.2. The van der Waals surface area contributed by atoms with Crippen LogP contribution in [0.15, 0.2) is 0 Å². The fourth-order valence-electron chi connectivity index (χ4n) is 2.04. The van der Waals surface area contributed by atoms with Crippen molar-refractivity contribution in [3.05, 3.63) is 0 Å². The van der Waals surface area contributed by atoms with Crippen LogP contribution >= 0.6 is 7.60 Å². The normalized spacial score (nSPS) is 25.3. The van der Waals surface area contributed by atoms with Crippen molar-refractivity contribution >= 4 is 13.6 Å². The zero-order valence-electron chi connectivity index (χ0n) is 11.5. The molecule has 0 radical (unpaired) electrons. The van der Waals surface area contributed by atoms with Crippen LogP contribution in [-0.2, 0) is 23.1 Å².